The van der Waals surface area contributed by atoms with Crippen molar-refractivity contribution in [2.24, 2.45) is 0 Å². The van der Waals surface area contributed by atoms with Crippen molar-refractivity contribution in [3.63, 3.8) is 0 Å². The highest BCUT2D eigenvalue weighted by Crippen LogP contribution is 2.28. The summed E-state index contributed by atoms with van der Waals surface area (Å²) in [5.74, 6) is -2.16. The molecular formula is C16H16FNO5. The van der Waals surface area contributed by atoms with E-state index in [1.165, 1.54) is 18.2 Å². The van der Waals surface area contributed by atoms with Crippen LogP contribution in [-0.4, -0.2) is 35.7 Å². The second-order valence-electron chi connectivity index (χ2n) is 5.65. The normalized spacial score (nSPS) is 17.1. The van der Waals surface area contributed by atoms with Gasteiger partial charge in [-0.2, -0.15) is 0 Å². The number of ether oxygens (including phenoxy) is 1. The lowest BCUT2D eigenvalue weighted by atomic mass is 9.90. The van der Waals surface area contributed by atoms with Gasteiger partial charge in [0.25, 0.3) is 5.91 Å². The monoisotopic (exact) mass is 321 g/mol. The molecule has 0 radical (unpaired) electrons. The van der Waals surface area contributed by atoms with Crippen LogP contribution >= 0.6 is 0 Å². The molecule has 0 spiro atoms. The number of hydrogen-bond acceptors (Lipinski definition) is 4. The van der Waals surface area contributed by atoms with Crippen molar-refractivity contribution >= 4 is 22.8 Å². The maximum Gasteiger partial charge on any atom is 0.329 e. The van der Waals surface area contributed by atoms with Gasteiger partial charge < -0.3 is 19.6 Å². The van der Waals surface area contributed by atoms with Crippen molar-refractivity contribution in [1.29, 1.82) is 0 Å². The number of fused-ring (bicyclic) bond motifs is 1. The summed E-state index contributed by atoms with van der Waals surface area (Å²) >= 11 is 0. The van der Waals surface area contributed by atoms with Crippen molar-refractivity contribution in [2.75, 3.05) is 13.2 Å². The number of benzene rings is 1. The Hall–Kier alpha value is -2.41. The third-order valence-electron chi connectivity index (χ3n) is 4.21. The molecule has 122 valence electrons. The molecule has 1 aliphatic heterocycles. The lowest BCUT2D eigenvalue weighted by Gasteiger charge is -2.33. The van der Waals surface area contributed by atoms with E-state index in [9.17, 15) is 19.1 Å². The number of rotatable bonds is 3. The SMILES string of the molecule is Cc1c(C(=O)NC2(C(=O)O)CCOCC2)oc2ccc(F)cc12. The average molecular weight is 321 g/mol. The Morgan fingerprint density at radius 1 is 1.30 bits per heavy atom. The topological polar surface area (TPSA) is 88.8 Å². The Balaban J connectivity index is 1.94. The largest absolute Gasteiger partial charge is 0.480 e. The quantitative estimate of drug-likeness (QED) is 0.905. The van der Waals surface area contributed by atoms with E-state index in [0.717, 1.165) is 0 Å². The van der Waals surface area contributed by atoms with E-state index in [1.54, 1.807) is 6.92 Å². The molecule has 0 saturated carbocycles. The number of nitrogens with one attached hydrogen (secondary N) is 1. The van der Waals surface area contributed by atoms with E-state index < -0.39 is 23.2 Å². The highest BCUT2D eigenvalue weighted by atomic mass is 19.1. The molecule has 23 heavy (non-hydrogen) atoms. The molecule has 1 amide bonds. The fraction of sp³-hybridized carbons (Fsp3) is 0.375. The predicted octanol–water partition coefficient (Wildman–Crippen LogP) is 2.24. The summed E-state index contributed by atoms with van der Waals surface area (Å²) in [5.41, 5.74) is -0.513. The van der Waals surface area contributed by atoms with Crippen LogP contribution in [0.4, 0.5) is 4.39 Å². The minimum atomic E-state index is -1.37. The number of amides is 1. The van der Waals surface area contributed by atoms with E-state index in [4.69, 9.17) is 9.15 Å². The first-order chi connectivity index (χ1) is 10.9. The molecule has 0 atom stereocenters. The summed E-state index contributed by atoms with van der Waals surface area (Å²) in [6.45, 7) is 2.16. The van der Waals surface area contributed by atoms with Gasteiger partial charge in [0.2, 0.25) is 0 Å². The lowest BCUT2D eigenvalue weighted by Crippen LogP contribution is -2.57. The summed E-state index contributed by atoms with van der Waals surface area (Å²) < 4.78 is 24.0. The second-order valence-corrected chi connectivity index (χ2v) is 5.65. The fourth-order valence-electron chi connectivity index (χ4n) is 2.80. The Kier molecular flexibility index (Phi) is 3.81. The zero-order chi connectivity index (χ0) is 16.6. The smallest absolute Gasteiger partial charge is 0.329 e. The van der Waals surface area contributed by atoms with Gasteiger partial charge in [-0.05, 0) is 25.1 Å². The zero-order valence-electron chi connectivity index (χ0n) is 12.5. The maximum absolute atomic E-state index is 13.3. The lowest BCUT2D eigenvalue weighted by molar-refractivity contribution is -0.148. The minimum absolute atomic E-state index is 0.00211. The molecule has 1 aromatic carbocycles. The first-order valence-electron chi connectivity index (χ1n) is 7.25. The van der Waals surface area contributed by atoms with Gasteiger partial charge in [0, 0.05) is 37.0 Å². The summed E-state index contributed by atoms with van der Waals surface area (Å²) in [6, 6.07) is 3.96. The third kappa shape index (κ3) is 2.68. The summed E-state index contributed by atoms with van der Waals surface area (Å²) in [7, 11) is 0. The molecule has 0 aliphatic carbocycles. The summed E-state index contributed by atoms with van der Waals surface area (Å²) in [5, 5.41) is 12.5. The first-order valence-corrected chi connectivity index (χ1v) is 7.25. The van der Waals surface area contributed by atoms with Gasteiger partial charge in [0.15, 0.2) is 5.76 Å². The highest BCUT2D eigenvalue weighted by molar-refractivity contribution is 6.01. The van der Waals surface area contributed by atoms with Crippen LogP contribution in [0.1, 0.15) is 29.0 Å². The zero-order valence-corrected chi connectivity index (χ0v) is 12.5. The molecule has 6 nitrogen and oxygen atoms in total. The Morgan fingerprint density at radius 2 is 2.00 bits per heavy atom. The van der Waals surface area contributed by atoms with Gasteiger partial charge in [0.05, 0.1) is 0 Å². The fourth-order valence-corrected chi connectivity index (χ4v) is 2.80. The van der Waals surface area contributed by atoms with Crippen LogP contribution in [0.5, 0.6) is 0 Å². The van der Waals surface area contributed by atoms with Gasteiger partial charge in [-0.1, -0.05) is 0 Å². The molecule has 1 aromatic heterocycles. The minimum Gasteiger partial charge on any atom is -0.480 e. The molecule has 2 N–H and O–H groups in total. The van der Waals surface area contributed by atoms with Gasteiger partial charge >= 0.3 is 5.97 Å². The second kappa shape index (κ2) is 5.66. The van der Waals surface area contributed by atoms with E-state index >= 15 is 0 Å². The number of halogens is 1. The van der Waals surface area contributed by atoms with Crippen molar-refractivity contribution in [1.82, 2.24) is 5.32 Å². The highest BCUT2D eigenvalue weighted by Gasteiger charge is 2.42. The Labute approximate surface area is 131 Å². The van der Waals surface area contributed by atoms with Crippen LogP contribution < -0.4 is 5.32 Å². The van der Waals surface area contributed by atoms with Crippen molar-refractivity contribution in [2.45, 2.75) is 25.3 Å². The number of carboxylic acid groups (broad SMARTS) is 1. The van der Waals surface area contributed by atoms with Gasteiger partial charge in [-0.25, -0.2) is 9.18 Å². The molecule has 1 saturated heterocycles. The predicted molar refractivity (Wildman–Crippen MR) is 78.8 cm³/mol. The van der Waals surface area contributed by atoms with Crippen LogP contribution in [0.2, 0.25) is 0 Å². The molecule has 0 bridgehead atoms. The van der Waals surface area contributed by atoms with E-state index in [1.807, 2.05) is 0 Å². The first kappa shape index (κ1) is 15.5. The molecule has 1 fully saturated rings. The van der Waals surface area contributed by atoms with Crippen LogP contribution in [0, 0.1) is 12.7 Å². The standard InChI is InChI=1S/C16H16FNO5/c1-9-11-8-10(17)2-3-12(11)23-13(9)14(19)18-16(15(20)21)4-6-22-7-5-16/h2-3,8H,4-7H2,1H3,(H,18,19)(H,20,21). The number of hydrogen-bond donors (Lipinski definition) is 2. The Bertz CT molecular complexity index is 776. The van der Waals surface area contributed by atoms with Gasteiger partial charge in [-0.3, -0.25) is 4.79 Å². The third-order valence-corrected chi connectivity index (χ3v) is 4.21. The van der Waals surface area contributed by atoms with Gasteiger partial charge in [-0.15, -0.1) is 0 Å². The number of carbonyl (C=O) groups excluding carboxylic acids is 1. The maximum atomic E-state index is 13.3. The van der Waals surface area contributed by atoms with Crippen LogP contribution in [0.25, 0.3) is 11.0 Å². The molecular weight excluding hydrogens is 305 g/mol. The molecule has 2 heterocycles. The van der Waals surface area contributed by atoms with Crippen LogP contribution in [-0.2, 0) is 9.53 Å². The Morgan fingerprint density at radius 3 is 2.65 bits per heavy atom. The summed E-state index contributed by atoms with van der Waals surface area (Å²) in [6.07, 6.45) is 0.365. The number of carbonyl (C=O) groups is 2. The van der Waals surface area contributed by atoms with E-state index in [0.29, 0.717) is 16.5 Å². The van der Waals surface area contributed by atoms with Gasteiger partial charge in [0.1, 0.15) is 16.9 Å². The number of carboxylic acids is 1. The number of furan rings is 1. The van der Waals surface area contributed by atoms with E-state index in [-0.39, 0.29) is 31.8 Å². The summed E-state index contributed by atoms with van der Waals surface area (Å²) in [4.78, 5) is 24.1. The number of aryl methyl sites for hydroxylation is 1. The van der Waals surface area contributed by atoms with Crippen molar-refractivity contribution in [3.05, 3.63) is 35.3 Å². The van der Waals surface area contributed by atoms with Crippen LogP contribution in [0.15, 0.2) is 22.6 Å². The molecule has 3 rings (SSSR count). The molecule has 0 unspecified atom stereocenters. The van der Waals surface area contributed by atoms with Crippen LogP contribution in [0.3, 0.4) is 0 Å². The number of aliphatic carboxylic acids is 1. The van der Waals surface area contributed by atoms with Crippen molar-refractivity contribution < 1.29 is 28.2 Å². The molecule has 2 aromatic rings. The van der Waals surface area contributed by atoms with Crippen molar-refractivity contribution in [3.8, 4) is 0 Å². The van der Waals surface area contributed by atoms with E-state index in [2.05, 4.69) is 5.32 Å². The average Bonchev–Trinajstić information content (AvgIpc) is 2.85. The molecule has 1 aliphatic rings. The molecule has 7 heteroatoms.